The highest BCUT2D eigenvalue weighted by Gasteiger charge is 2.36. The summed E-state index contributed by atoms with van der Waals surface area (Å²) >= 11 is 0. The molecular formula is C94H95F6N17O6. The van der Waals surface area contributed by atoms with E-state index in [1.807, 2.05) is 94.6 Å². The average molecular weight is 1670 g/mol. The normalized spacial score (nSPS) is 18.1. The number of hydrogen-bond donors (Lipinski definition) is 9. The zero-order valence-corrected chi connectivity index (χ0v) is 68.9. The van der Waals surface area contributed by atoms with Crippen LogP contribution in [0.15, 0.2) is 153 Å². The summed E-state index contributed by atoms with van der Waals surface area (Å²) in [5.41, 5.74) is 29.2. The highest BCUT2D eigenvalue weighted by molar-refractivity contribution is 6.06. The smallest absolute Gasteiger partial charge is 0.393 e. The summed E-state index contributed by atoms with van der Waals surface area (Å²) < 4.78 is 88.5. The maximum atomic E-state index is 14.1. The lowest BCUT2D eigenvalue weighted by Crippen LogP contribution is -2.44. The molecule has 0 radical (unpaired) electrons. The van der Waals surface area contributed by atoms with Crippen molar-refractivity contribution in [3.05, 3.63) is 247 Å². The first kappa shape index (κ1) is 86.4. The van der Waals surface area contributed by atoms with Crippen LogP contribution in [0, 0.1) is 70.1 Å². The van der Waals surface area contributed by atoms with Crippen LogP contribution in [-0.2, 0) is 18.9 Å². The first-order valence-corrected chi connectivity index (χ1v) is 40.9. The molecule has 634 valence electrons. The summed E-state index contributed by atoms with van der Waals surface area (Å²) in [6.45, 7) is 12.2. The molecule has 23 nitrogen and oxygen atoms in total. The molecule has 29 heteroatoms. The lowest BCUT2D eigenvalue weighted by molar-refractivity contribution is -0.139. The first-order valence-electron chi connectivity index (χ1n) is 40.9. The van der Waals surface area contributed by atoms with Gasteiger partial charge in [-0.1, -0.05) is 78.0 Å². The molecule has 0 bridgehead atoms. The molecule has 0 spiro atoms. The zero-order valence-electron chi connectivity index (χ0n) is 68.9. The zero-order chi connectivity index (χ0) is 87.1. The van der Waals surface area contributed by atoms with Crippen LogP contribution in [0.3, 0.4) is 0 Å². The van der Waals surface area contributed by atoms with Crippen LogP contribution in [0.4, 0.5) is 60.9 Å². The molecule has 1 aliphatic heterocycles. The van der Waals surface area contributed by atoms with Gasteiger partial charge in [-0.3, -0.25) is 19.3 Å². The predicted molar refractivity (Wildman–Crippen MR) is 463 cm³/mol. The number of rotatable bonds is 11. The van der Waals surface area contributed by atoms with E-state index in [1.165, 1.54) is 50.2 Å². The summed E-state index contributed by atoms with van der Waals surface area (Å²) in [4.78, 5) is 69.1. The third kappa shape index (κ3) is 20.5. The van der Waals surface area contributed by atoms with Gasteiger partial charge in [0.05, 0.1) is 62.3 Å². The molecule has 4 fully saturated rings. The molecule has 3 saturated carbocycles. The summed E-state index contributed by atoms with van der Waals surface area (Å²) in [5.74, 6) is 18.8. The summed E-state index contributed by atoms with van der Waals surface area (Å²) in [5, 5.41) is 40.1. The number of aryl methyl sites for hydroxylation is 5. The summed E-state index contributed by atoms with van der Waals surface area (Å²) in [6.07, 6.45) is 9.58. The van der Waals surface area contributed by atoms with E-state index in [9.17, 15) is 56.0 Å². The van der Waals surface area contributed by atoms with Gasteiger partial charge in [-0.15, -0.1) is 0 Å². The Labute approximate surface area is 707 Å². The molecule has 6 aromatic heterocycles. The van der Waals surface area contributed by atoms with E-state index in [4.69, 9.17) is 17.2 Å². The van der Waals surface area contributed by atoms with Gasteiger partial charge in [0.2, 0.25) is 0 Å². The second kappa shape index (κ2) is 37.2. The van der Waals surface area contributed by atoms with Crippen LogP contribution in [0.25, 0.3) is 33.1 Å². The van der Waals surface area contributed by atoms with Gasteiger partial charge in [-0.25, -0.2) is 29.9 Å². The summed E-state index contributed by atoms with van der Waals surface area (Å²) in [6, 6.07) is 31.4. The number of anilines is 6. The van der Waals surface area contributed by atoms with Crippen molar-refractivity contribution >= 4 is 85.3 Å². The Kier molecular flexibility index (Phi) is 26.1. The Balaban J connectivity index is 0.000000152. The standard InChI is InChI=1S/C35H38F3N7O2.C30H28F3N5O2.C29H29N5O2/c1-22-3-8-27(42-34(47)24-5-6-25(30(18-24)35(36,37)38)19-44-15-13-43(2)14-16-44)17-23(22)4-7-26-20-45(28-9-11-29(46)12-10-28)33-31(26)32(39)40-21-41-33;1-17-3-5-20(29(40)37-22-8-4-18(2)25(14-22)30(31,32)33)13-19(17)6-7-21-15-38(23-9-11-24(39)12-10-23)28-26(21)27(34)35-16-36-28;1-18-4-3-5-23(14-18)33-29(36)21-7-6-19(2)20(15-21)8-9-22-16-34(24-10-12-25(35)13-11-24)28-26(22)27(30)31-17-32-28/h3,5-6,8,17-18,20-21,28-29,46H,9-16,19H2,1-2H3,(H,42,47)(H2,39,40,41);3-5,8,13-16,23-24,39H,9-12H2,1-2H3,(H,37,40)(H2,34,35,36);3-7,14-17,24-25,35H,10-13H2,1-2H3,(H,33,36)(H2,30,31,32). The molecule has 0 unspecified atom stereocenters. The van der Waals surface area contributed by atoms with Crippen molar-refractivity contribution in [3.63, 3.8) is 0 Å². The number of aliphatic hydroxyl groups is 3. The number of hydrogen-bond acceptors (Lipinski definition) is 17. The third-order valence-electron chi connectivity index (χ3n) is 23.3. The molecule has 3 aliphatic carbocycles. The lowest BCUT2D eigenvalue weighted by atomic mass is 9.93. The molecule has 123 heavy (non-hydrogen) atoms. The topological polar surface area (TPSA) is 325 Å². The number of halogens is 6. The van der Waals surface area contributed by atoms with Gasteiger partial charge >= 0.3 is 12.4 Å². The number of nitrogen functional groups attached to an aromatic ring is 3. The number of nitrogens with zero attached hydrogens (tertiary/aromatic N) is 11. The predicted octanol–water partition coefficient (Wildman–Crippen LogP) is 15.8. The molecule has 3 amide bonds. The number of piperazine rings is 1. The lowest BCUT2D eigenvalue weighted by Gasteiger charge is -2.33. The van der Waals surface area contributed by atoms with Crippen molar-refractivity contribution in [2.75, 3.05) is 66.4 Å². The Morgan fingerprint density at radius 2 is 0.756 bits per heavy atom. The van der Waals surface area contributed by atoms with Crippen LogP contribution in [0.2, 0.25) is 0 Å². The molecule has 4 aliphatic rings. The Morgan fingerprint density at radius 3 is 1.15 bits per heavy atom. The highest BCUT2D eigenvalue weighted by atomic mass is 19.4. The van der Waals surface area contributed by atoms with E-state index in [1.54, 1.807) is 42.5 Å². The van der Waals surface area contributed by atoms with E-state index in [0.29, 0.717) is 112 Å². The van der Waals surface area contributed by atoms with Gasteiger partial charge in [0.1, 0.15) is 53.4 Å². The van der Waals surface area contributed by atoms with Gasteiger partial charge < -0.3 is 67.1 Å². The molecule has 6 aromatic carbocycles. The molecule has 1 saturated heterocycles. The monoisotopic (exact) mass is 1670 g/mol. The Bertz CT molecular complexity index is 6190. The minimum Gasteiger partial charge on any atom is -0.393 e. The molecule has 16 rings (SSSR count). The molecule has 0 atom stereocenters. The van der Waals surface area contributed by atoms with Crippen LogP contribution in [0.5, 0.6) is 0 Å². The van der Waals surface area contributed by atoms with Crippen LogP contribution in [-0.4, -0.2) is 138 Å². The number of aromatic nitrogens is 9. The van der Waals surface area contributed by atoms with Crippen molar-refractivity contribution in [2.24, 2.45) is 0 Å². The minimum atomic E-state index is -4.60. The number of fused-ring (bicyclic) bond motifs is 3. The number of amides is 3. The maximum absolute atomic E-state index is 14.1. The quantitative estimate of drug-likeness (QED) is 0.0429. The van der Waals surface area contributed by atoms with Crippen molar-refractivity contribution < 1.29 is 56.0 Å². The van der Waals surface area contributed by atoms with Crippen LogP contribution in [0.1, 0.15) is 204 Å². The highest BCUT2D eigenvalue weighted by Crippen LogP contribution is 2.40. The van der Waals surface area contributed by atoms with Gasteiger partial charge in [0, 0.05) is 120 Å². The van der Waals surface area contributed by atoms with Gasteiger partial charge in [0.25, 0.3) is 17.7 Å². The number of nitrogens with two attached hydrogens (primary N) is 3. The average Bonchev–Trinajstić information content (AvgIpc) is 1.64. The van der Waals surface area contributed by atoms with E-state index >= 15 is 0 Å². The van der Waals surface area contributed by atoms with Crippen molar-refractivity contribution in [1.82, 2.24) is 53.4 Å². The minimum absolute atomic E-state index is 0.0506. The summed E-state index contributed by atoms with van der Waals surface area (Å²) in [7, 11) is 1.99. The number of carbonyl (C=O) groups excluding carboxylic acids is 3. The van der Waals surface area contributed by atoms with Crippen LogP contribution >= 0.6 is 0 Å². The molecule has 7 heterocycles. The number of carbonyl (C=O) groups is 3. The molecule has 12 aromatic rings. The van der Waals surface area contributed by atoms with E-state index in [2.05, 4.69) is 100.0 Å². The van der Waals surface area contributed by atoms with Gasteiger partial charge in [-0.2, -0.15) is 26.3 Å². The van der Waals surface area contributed by atoms with Gasteiger partial charge in [-0.05, 0) is 225 Å². The third-order valence-corrected chi connectivity index (χ3v) is 23.3. The number of aliphatic hydroxyl groups excluding tert-OH is 3. The maximum Gasteiger partial charge on any atom is 0.416 e. The number of benzene rings is 6. The fourth-order valence-corrected chi connectivity index (χ4v) is 16.2. The second-order valence-corrected chi connectivity index (χ2v) is 32.2. The molecular weight excluding hydrogens is 1580 g/mol. The Hall–Kier alpha value is -13.0. The fourth-order valence-electron chi connectivity index (χ4n) is 16.2. The van der Waals surface area contributed by atoms with E-state index in [0.717, 1.165) is 127 Å². The van der Waals surface area contributed by atoms with Crippen LogP contribution < -0.4 is 33.2 Å². The van der Waals surface area contributed by atoms with Gasteiger partial charge in [0.15, 0.2) is 0 Å². The van der Waals surface area contributed by atoms with Crippen molar-refractivity contribution in [3.8, 4) is 35.5 Å². The van der Waals surface area contributed by atoms with E-state index in [-0.39, 0.29) is 76.8 Å². The number of nitrogens with one attached hydrogen (secondary N) is 3. The molecule has 12 N–H and O–H groups in total. The number of likely N-dealkylation sites (N-methyl/N-ethyl adjacent to an activating group) is 1. The number of alkyl halides is 6. The fraction of sp³-hybridized carbons (Fsp3) is 0.330. The second-order valence-electron chi connectivity index (χ2n) is 32.2. The first-order chi connectivity index (χ1) is 58.8. The van der Waals surface area contributed by atoms with E-state index < -0.39 is 35.3 Å². The van der Waals surface area contributed by atoms with Crippen molar-refractivity contribution in [2.45, 2.75) is 167 Å². The SMILES string of the molecule is Cc1ccc(C(=O)Nc2ccc(C)c(C(F)(F)F)c2)cc1C#Cc1cn(C2CCC(O)CC2)c2ncnc(N)c12.Cc1ccc(NC(=O)c2ccc(CN3CCN(C)CC3)c(C(F)(F)F)c2)cc1C#Cc1cn(C2CCC(O)CC2)c2ncnc(N)c12.Cc1cccc(NC(=O)c2ccc(C)c(C#Cc3cn(C4CCC(O)CC4)c4ncnc(N)c34)c2)c1. The largest absolute Gasteiger partial charge is 0.416 e. The Morgan fingerprint density at radius 1 is 0.407 bits per heavy atom. The van der Waals surface area contributed by atoms with Crippen molar-refractivity contribution in [1.29, 1.82) is 0 Å².